The second-order valence-corrected chi connectivity index (χ2v) is 10.7. The van der Waals surface area contributed by atoms with Gasteiger partial charge in [0.2, 0.25) is 11.7 Å². The Morgan fingerprint density at radius 1 is 1.08 bits per heavy atom. The number of alkyl halides is 3. The molecule has 2 aromatic rings. The Bertz CT molecular complexity index is 1120. The lowest BCUT2D eigenvalue weighted by Crippen LogP contribution is -2.52. The van der Waals surface area contributed by atoms with Crippen molar-refractivity contribution in [3.05, 3.63) is 50.9 Å². The van der Waals surface area contributed by atoms with Gasteiger partial charge in [-0.2, -0.15) is 18.2 Å². The summed E-state index contributed by atoms with van der Waals surface area (Å²) in [4.78, 5) is 22.1. The van der Waals surface area contributed by atoms with Crippen molar-refractivity contribution >= 4 is 29.1 Å². The van der Waals surface area contributed by atoms with Crippen molar-refractivity contribution in [3.8, 4) is 5.88 Å². The molecule has 12 heteroatoms. The number of aromatic nitrogens is 2. The summed E-state index contributed by atoms with van der Waals surface area (Å²) in [6.45, 7) is 2.16. The van der Waals surface area contributed by atoms with Crippen LogP contribution in [0, 0.1) is 6.92 Å². The first-order valence-corrected chi connectivity index (χ1v) is 13.4. The highest BCUT2D eigenvalue weighted by atomic mass is 35.5. The van der Waals surface area contributed by atoms with Crippen LogP contribution in [0.15, 0.2) is 18.2 Å². The number of rotatable bonds is 7. The lowest BCUT2D eigenvalue weighted by Gasteiger charge is -2.38. The highest BCUT2D eigenvalue weighted by molar-refractivity contribution is 6.34. The minimum Gasteiger partial charge on any atom is -0.472 e. The molecule has 1 aromatic heterocycles. The van der Waals surface area contributed by atoms with Crippen molar-refractivity contribution in [2.75, 3.05) is 20.2 Å². The van der Waals surface area contributed by atoms with Crippen LogP contribution < -0.4 is 10.1 Å². The third-order valence-electron chi connectivity index (χ3n) is 7.09. The molecule has 7 nitrogen and oxygen atoms in total. The second kappa shape index (κ2) is 12.4. The summed E-state index contributed by atoms with van der Waals surface area (Å²) in [6.07, 6.45) is 1.07. The lowest BCUT2D eigenvalue weighted by atomic mass is 9.90. The van der Waals surface area contributed by atoms with Crippen molar-refractivity contribution in [2.45, 2.75) is 76.4 Å². The normalized spacial score (nSPS) is 21.0. The Morgan fingerprint density at radius 3 is 2.37 bits per heavy atom. The Balaban J connectivity index is 1.47. The number of hydrogen-bond donors (Lipinski definition) is 1. The van der Waals surface area contributed by atoms with Crippen molar-refractivity contribution in [1.82, 2.24) is 20.2 Å². The molecule has 0 spiro atoms. The molecule has 2 aliphatic rings. The summed E-state index contributed by atoms with van der Waals surface area (Å²) < 4.78 is 52.1. The molecule has 2 fully saturated rings. The predicted octanol–water partition coefficient (Wildman–Crippen LogP) is 5.84. The zero-order chi connectivity index (χ0) is 27.4. The molecule has 0 unspecified atom stereocenters. The first kappa shape index (κ1) is 28.9. The van der Waals surface area contributed by atoms with E-state index >= 15 is 0 Å². The topological polar surface area (TPSA) is 76.6 Å². The van der Waals surface area contributed by atoms with Gasteiger partial charge in [-0.3, -0.25) is 4.79 Å². The standard InChI is InChI=1S/C26H31Cl2F3N4O3/c1-15-22(24(36)35-9-7-19(8-10-35)32-20-5-3-4-6-21(20)37-2)33-25(26(29,30)31)34-23(15)38-14-16-11-17(27)13-18(28)12-16/h11-13,19-21,32H,3-10,14H2,1-2H3/t20-,21+/m0/s1. The van der Waals surface area contributed by atoms with Crippen LogP contribution in [0.4, 0.5) is 13.2 Å². The molecule has 1 saturated carbocycles. The van der Waals surface area contributed by atoms with Gasteiger partial charge in [-0.25, -0.2) is 4.98 Å². The van der Waals surface area contributed by atoms with Crippen LogP contribution in [0.5, 0.6) is 5.88 Å². The van der Waals surface area contributed by atoms with Crippen LogP contribution in [0.3, 0.4) is 0 Å². The van der Waals surface area contributed by atoms with E-state index in [1.807, 2.05) is 0 Å². The molecular weight excluding hydrogens is 544 g/mol. The molecule has 38 heavy (non-hydrogen) atoms. The third-order valence-corrected chi connectivity index (χ3v) is 7.53. The molecule has 1 aromatic carbocycles. The number of carbonyl (C=O) groups is 1. The van der Waals surface area contributed by atoms with Crippen LogP contribution in [0.2, 0.25) is 10.0 Å². The maximum Gasteiger partial charge on any atom is 0.451 e. The molecular formula is C26H31Cl2F3N4O3. The number of benzene rings is 1. The Hall–Kier alpha value is -2.14. The first-order chi connectivity index (χ1) is 18.0. The maximum atomic E-state index is 13.6. The van der Waals surface area contributed by atoms with E-state index in [2.05, 4.69) is 15.3 Å². The number of ether oxygens (including phenoxy) is 2. The predicted molar refractivity (Wildman–Crippen MR) is 138 cm³/mol. The SMILES string of the molecule is CO[C@@H]1CCCC[C@@H]1NC1CCN(C(=O)c2nc(C(F)(F)F)nc(OCc3cc(Cl)cc(Cl)c3)c2C)CC1. The average molecular weight is 575 g/mol. The van der Waals surface area contributed by atoms with Gasteiger partial charge in [-0.05, 0) is 56.4 Å². The zero-order valence-electron chi connectivity index (χ0n) is 21.3. The fraction of sp³-hybridized carbons (Fsp3) is 0.577. The van der Waals surface area contributed by atoms with Gasteiger partial charge in [0.1, 0.15) is 12.3 Å². The Morgan fingerprint density at radius 2 is 1.74 bits per heavy atom. The van der Waals surface area contributed by atoms with Gasteiger partial charge >= 0.3 is 6.18 Å². The zero-order valence-corrected chi connectivity index (χ0v) is 22.8. The van der Waals surface area contributed by atoms with E-state index in [-0.39, 0.29) is 41.9 Å². The summed E-state index contributed by atoms with van der Waals surface area (Å²) in [5.41, 5.74) is 0.372. The number of amides is 1. The van der Waals surface area contributed by atoms with Gasteiger partial charge in [0.05, 0.1) is 6.10 Å². The van der Waals surface area contributed by atoms with E-state index in [1.165, 1.54) is 13.0 Å². The van der Waals surface area contributed by atoms with Gasteiger partial charge in [0, 0.05) is 47.9 Å². The number of nitrogens with one attached hydrogen (secondary N) is 1. The van der Waals surface area contributed by atoms with Crippen LogP contribution in [-0.2, 0) is 17.5 Å². The van der Waals surface area contributed by atoms with E-state index in [9.17, 15) is 18.0 Å². The second-order valence-electron chi connectivity index (χ2n) is 9.79. The number of piperidine rings is 1. The molecule has 2 heterocycles. The molecule has 2 atom stereocenters. The minimum atomic E-state index is -4.85. The van der Waals surface area contributed by atoms with Gasteiger partial charge in [-0.1, -0.05) is 36.0 Å². The highest BCUT2D eigenvalue weighted by Gasteiger charge is 2.38. The smallest absolute Gasteiger partial charge is 0.451 e. The lowest BCUT2D eigenvalue weighted by molar-refractivity contribution is -0.145. The number of hydrogen-bond acceptors (Lipinski definition) is 6. The first-order valence-electron chi connectivity index (χ1n) is 12.7. The molecule has 208 valence electrons. The summed E-state index contributed by atoms with van der Waals surface area (Å²) in [5, 5.41) is 4.40. The van der Waals surface area contributed by atoms with E-state index < -0.39 is 17.9 Å². The van der Waals surface area contributed by atoms with Crippen molar-refractivity contribution in [2.24, 2.45) is 0 Å². The number of likely N-dealkylation sites (tertiary alicyclic amines) is 1. The molecule has 1 aliphatic carbocycles. The summed E-state index contributed by atoms with van der Waals surface area (Å²) >= 11 is 12.0. The summed E-state index contributed by atoms with van der Waals surface area (Å²) in [6, 6.07) is 5.18. The van der Waals surface area contributed by atoms with Crippen LogP contribution in [0.1, 0.15) is 66.0 Å². The van der Waals surface area contributed by atoms with Crippen LogP contribution in [0.25, 0.3) is 0 Å². The molecule has 1 aliphatic heterocycles. The molecule has 0 radical (unpaired) electrons. The molecule has 4 rings (SSSR count). The molecule has 0 bridgehead atoms. The fourth-order valence-electron chi connectivity index (χ4n) is 5.09. The largest absolute Gasteiger partial charge is 0.472 e. The van der Waals surface area contributed by atoms with Crippen molar-refractivity contribution in [3.63, 3.8) is 0 Å². The van der Waals surface area contributed by atoms with Crippen LogP contribution in [-0.4, -0.2) is 59.2 Å². The maximum absolute atomic E-state index is 13.6. The van der Waals surface area contributed by atoms with Gasteiger partial charge in [-0.15, -0.1) is 0 Å². The molecule has 1 saturated heterocycles. The number of nitrogens with zero attached hydrogens (tertiary/aromatic N) is 3. The quantitative estimate of drug-likeness (QED) is 0.447. The minimum absolute atomic E-state index is 0.135. The molecule has 1 amide bonds. The van der Waals surface area contributed by atoms with E-state index in [1.54, 1.807) is 24.1 Å². The van der Waals surface area contributed by atoms with Crippen LogP contribution >= 0.6 is 23.2 Å². The Labute approximate surface area is 230 Å². The van der Waals surface area contributed by atoms with E-state index in [0.29, 0.717) is 41.5 Å². The number of methoxy groups -OCH3 is 1. The number of halogens is 5. The average Bonchev–Trinajstić information content (AvgIpc) is 2.87. The van der Waals surface area contributed by atoms with E-state index in [0.717, 1.165) is 25.7 Å². The summed E-state index contributed by atoms with van der Waals surface area (Å²) in [5.74, 6) is -2.31. The third kappa shape index (κ3) is 7.08. The monoisotopic (exact) mass is 574 g/mol. The van der Waals surface area contributed by atoms with E-state index in [4.69, 9.17) is 32.7 Å². The molecule has 1 N–H and O–H groups in total. The van der Waals surface area contributed by atoms with Gasteiger partial charge in [0.25, 0.3) is 5.91 Å². The number of carbonyl (C=O) groups excluding carboxylic acids is 1. The fourth-order valence-corrected chi connectivity index (χ4v) is 5.66. The van der Waals surface area contributed by atoms with Crippen molar-refractivity contribution < 1.29 is 27.4 Å². The van der Waals surface area contributed by atoms with Gasteiger partial charge < -0.3 is 19.7 Å². The highest BCUT2D eigenvalue weighted by Crippen LogP contribution is 2.31. The van der Waals surface area contributed by atoms with Gasteiger partial charge in [0.15, 0.2) is 0 Å². The Kier molecular flexibility index (Phi) is 9.39. The van der Waals surface area contributed by atoms with Crippen molar-refractivity contribution in [1.29, 1.82) is 0 Å². The summed E-state index contributed by atoms with van der Waals surface area (Å²) in [7, 11) is 1.73.